The molecule has 0 saturated heterocycles. The Labute approximate surface area is 121 Å². The molecule has 114 valence electrons. The van der Waals surface area contributed by atoms with Crippen LogP contribution in [0.15, 0.2) is 18.3 Å². The van der Waals surface area contributed by atoms with Gasteiger partial charge in [-0.3, -0.25) is 4.79 Å². The number of ether oxygens (including phenoxy) is 1. The quantitative estimate of drug-likeness (QED) is 0.787. The first kappa shape index (κ1) is 16.7. The molecule has 1 heterocycles. The maximum Gasteiger partial charge on any atom is 0.270 e. The molecule has 1 aromatic rings. The van der Waals surface area contributed by atoms with E-state index in [1.54, 1.807) is 12.0 Å². The fourth-order valence-corrected chi connectivity index (χ4v) is 1.97. The van der Waals surface area contributed by atoms with Crippen LogP contribution in [0, 0.1) is 5.92 Å². The number of rotatable bonds is 8. The molecule has 2 N–H and O–H groups in total. The lowest BCUT2D eigenvalue weighted by Gasteiger charge is -2.22. The molecule has 0 radical (unpaired) electrons. The lowest BCUT2D eigenvalue weighted by molar-refractivity contribution is 0.0776. The molecule has 1 aromatic heterocycles. The molecular formula is C15H27N3O2. The summed E-state index contributed by atoms with van der Waals surface area (Å²) in [5, 5.41) is 0. The van der Waals surface area contributed by atoms with Crippen LogP contribution in [0.3, 0.4) is 0 Å². The van der Waals surface area contributed by atoms with Crippen LogP contribution >= 0.6 is 0 Å². The topological polar surface area (TPSA) is 60.5 Å². The highest BCUT2D eigenvalue weighted by atomic mass is 16.5. The van der Waals surface area contributed by atoms with Gasteiger partial charge in [0.15, 0.2) is 0 Å². The summed E-state index contributed by atoms with van der Waals surface area (Å²) in [7, 11) is 3.48. The Bertz CT molecular complexity index is 415. The van der Waals surface area contributed by atoms with E-state index in [1.165, 1.54) is 0 Å². The van der Waals surface area contributed by atoms with Crippen molar-refractivity contribution in [2.45, 2.75) is 32.9 Å². The van der Waals surface area contributed by atoms with E-state index in [2.05, 4.69) is 13.8 Å². The summed E-state index contributed by atoms with van der Waals surface area (Å²) >= 11 is 0. The van der Waals surface area contributed by atoms with Gasteiger partial charge in [-0.2, -0.15) is 0 Å². The second-order valence-corrected chi connectivity index (χ2v) is 5.50. The summed E-state index contributed by atoms with van der Waals surface area (Å²) in [6.45, 7) is 6.15. The smallest absolute Gasteiger partial charge is 0.270 e. The Morgan fingerprint density at radius 1 is 1.50 bits per heavy atom. The van der Waals surface area contributed by atoms with Crippen molar-refractivity contribution in [3.05, 3.63) is 24.0 Å². The molecule has 20 heavy (non-hydrogen) atoms. The van der Waals surface area contributed by atoms with Gasteiger partial charge >= 0.3 is 0 Å². The zero-order valence-electron chi connectivity index (χ0n) is 13.0. The van der Waals surface area contributed by atoms with Crippen molar-refractivity contribution >= 4 is 5.91 Å². The second kappa shape index (κ2) is 8.07. The zero-order valence-corrected chi connectivity index (χ0v) is 13.0. The van der Waals surface area contributed by atoms with Gasteiger partial charge in [-0.1, -0.05) is 13.8 Å². The third kappa shape index (κ3) is 4.65. The van der Waals surface area contributed by atoms with Crippen LogP contribution in [0.1, 0.15) is 30.8 Å². The Morgan fingerprint density at radius 2 is 2.20 bits per heavy atom. The molecule has 0 bridgehead atoms. The molecule has 0 aliphatic rings. The summed E-state index contributed by atoms with van der Waals surface area (Å²) < 4.78 is 6.97. The molecule has 0 saturated carbocycles. The van der Waals surface area contributed by atoms with Crippen molar-refractivity contribution in [1.82, 2.24) is 9.47 Å². The summed E-state index contributed by atoms with van der Waals surface area (Å²) in [6, 6.07) is 3.86. The lowest BCUT2D eigenvalue weighted by atomic mass is 10.0. The van der Waals surface area contributed by atoms with Gasteiger partial charge < -0.3 is 19.9 Å². The molecule has 0 aliphatic carbocycles. The minimum Gasteiger partial charge on any atom is -0.383 e. The molecule has 5 heteroatoms. The maximum absolute atomic E-state index is 12.4. The van der Waals surface area contributed by atoms with Gasteiger partial charge in [0.1, 0.15) is 5.69 Å². The van der Waals surface area contributed by atoms with E-state index < -0.39 is 0 Å². The highest BCUT2D eigenvalue weighted by Crippen LogP contribution is 2.09. The molecule has 0 spiro atoms. The van der Waals surface area contributed by atoms with Crippen LogP contribution in [0.5, 0.6) is 0 Å². The van der Waals surface area contributed by atoms with Crippen LogP contribution < -0.4 is 5.73 Å². The minimum absolute atomic E-state index is 0.0297. The fourth-order valence-electron chi connectivity index (χ4n) is 1.97. The Hall–Kier alpha value is -1.33. The normalized spacial score (nSPS) is 12.7. The highest BCUT2D eigenvalue weighted by molar-refractivity contribution is 5.92. The van der Waals surface area contributed by atoms with Crippen LogP contribution in [-0.2, 0) is 11.3 Å². The number of nitrogens with two attached hydrogens (primary N) is 1. The SMILES string of the molecule is COCCn1cccc1C(=O)N(C)CCC(N)C(C)C. The number of hydrogen-bond donors (Lipinski definition) is 1. The third-order valence-corrected chi connectivity index (χ3v) is 3.59. The van der Waals surface area contributed by atoms with Crippen molar-refractivity contribution in [3.63, 3.8) is 0 Å². The molecule has 0 fully saturated rings. The molecule has 1 rings (SSSR count). The lowest BCUT2D eigenvalue weighted by Crippen LogP contribution is -2.35. The van der Waals surface area contributed by atoms with E-state index in [4.69, 9.17) is 10.5 Å². The van der Waals surface area contributed by atoms with Gasteiger partial charge in [0, 0.05) is 39.5 Å². The molecule has 1 unspecified atom stereocenters. The molecule has 5 nitrogen and oxygen atoms in total. The average molecular weight is 281 g/mol. The number of nitrogens with zero attached hydrogens (tertiary/aromatic N) is 2. The minimum atomic E-state index is 0.0297. The van der Waals surface area contributed by atoms with Gasteiger partial charge in [-0.15, -0.1) is 0 Å². The Kier molecular flexibility index (Phi) is 6.75. The summed E-state index contributed by atoms with van der Waals surface area (Å²) in [5.74, 6) is 0.464. The highest BCUT2D eigenvalue weighted by Gasteiger charge is 2.17. The van der Waals surface area contributed by atoms with E-state index >= 15 is 0 Å². The van der Waals surface area contributed by atoms with Crippen LogP contribution in [0.4, 0.5) is 0 Å². The zero-order chi connectivity index (χ0) is 15.1. The fraction of sp³-hybridized carbons (Fsp3) is 0.667. The van der Waals surface area contributed by atoms with Crippen molar-refractivity contribution in [2.24, 2.45) is 11.7 Å². The van der Waals surface area contributed by atoms with E-state index in [0.717, 1.165) is 6.42 Å². The van der Waals surface area contributed by atoms with Gasteiger partial charge in [0.05, 0.1) is 6.61 Å². The van der Waals surface area contributed by atoms with E-state index in [-0.39, 0.29) is 11.9 Å². The van der Waals surface area contributed by atoms with Crippen LogP contribution in [0.25, 0.3) is 0 Å². The number of carbonyl (C=O) groups excluding carboxylic acids is 1. The Morgan fingerprint density at radius 3 is 2.80 bits per heavy atom. The van der Waals surface area contributed by atoms with Gasteiger partial charge in [0.25, 0.3) is 5.91 Å². The number of methoxy groups -OCH3 is 1. The van der Waals surface area contributed by atoms with E-state index in [1.807, 2.05) is 29.9 Å². The number of aromatic nitrogens is 1. The Balaban J connectivity index is 2.58. The number of carbonyl (C=O) groups is 1. The number of hydrogen-bond acceptors (Lipinski definition) is 3. The number of amides is 1. The first-order valence-electron chi connectivity index (χ1n) is 7.12. The predicted molar refractivity (Wildman–Crippen MR) is 80.7 cm³/mol. The van der Waals surface area contributed by atoms with Gasteiger partial charge in [0.2, 0.25) is 0 Å². The summed E-state index contributed by atoms with van der Waals surface area (Å²) in [5.41, 5.74) is 6.72. The maximum atomic E-state index is 12.4. The third-order valence-electron chi connectivity index (χ3n) is 3.59. The first-order chi connectivity index (χ1) is 9.47. The van der Waals surface area contributed by atoms with Crippen LogP contribution in [0.2, 0.25) is 0 Å². The molecule has 1 amide bonds. The largest absolute Gasteiger partial charge is 0.383 e. The monoisotopic (exact) mass is 281 g/mol. The summed E-state index contributed by atoms with van der Waals surface area (Å²) in [6.07, 6.45) is 2.72. The van der Waals surface area contributed by atoms with Gasteiger partial charge in [-0.05, 0) is 24.5 Å². The van der Waals surface area contributed by atoms with Crippen molar-refractivity contribution in [1.29, 1.82) is 0 Å². The van der Waals surface area contributed by atoms with E-state index in [0.29, 0.717) is 31.3 Å². The molecule has 0 aromatic carbocycles. The average Bonchev–Trinajstić information content (AvgIpc) is 2.89. The molecule has 1 atom stereocenters. The van der Waals surface area contributed by atoms with Crippen LogP contribution in [-0.4, -0.2) is 48.7 Å². The van der Waals surface area contributed by atoms with Crippen molar-refractivity contribution in [2.75, 3.05) is 27.3 Å². The van der Waals surface area contributed by atoms with Crippen molar-refractivity contribution < 1.29 is 9.53 Å². The molecular weight excluding hydrogens is 254 g/mol. The van der Waals surface area contributed by atoms with E-state index in [9.17, 15) is 4.79 Å². The standard InChI is InChI=1S/C15H27N3O2/c1-12(2)13(16)7-9-17(3)15(19)14-6-5-8-18(14)10-11-20-4/h5-6,8,12-13H,7,9-11,16H2,1-4H3. The predicted octanol–water partition coefficient (Wildman–Crippen LogP) is 1.58. The molecule has 0 aliphatic heterocycles. The first-order valence-corrected chi connectivity index (χ1v) is 7.12. The van der Waals surface area contributed by atoms with Crippen molar-refractivity contribution in [3.8, 4) is 0 Å². The second-order valence-electron chi connectivity index (χ2n) is 5.50. The summed E-state index contributed by atoms with van der Waals surface area (Å²) in [4.78, 5) is 14.1. The van der Waals surface area contributed by atoms with Gasteiger partial charge in [-0.25, -0.2) is 0 Å².